The van der Waals surface area contributed by atoms with E-state index in [1.54, 1.807) is 6.26 Å². The van der Waals surface area contributed by atoms with Gasteiger partial charge in [-0.1, -0.05) is 6.07 Å². The largest absolute Gasteiger partial charge is 0.467 e. The number of morpholine rings is 1. The maximum Gasteiger partial charge on any atom is 0.170 e. The van der Waals surface area contributed by atoms with Gasteiger partial charge in [0.15, 0.2) is 5.11 Å². The molecule has 2 saturated heterocycles. The molecule has 0 unspecified atom stereocenters. The van der Waals surface area contributed by atoms with E-state index < -0.39 is 0 Å². The molecule has 2 aliphatic heterocycles. The molecule has 7 heteroatoms. The second-order valence-electron chi connectivity index (χ2n) is 6.29. The van der Waals surface area contributed by atoms with Crippen molar-refractivity contribution in [2.45, 2.75) is 12.1 Å². The Bertz CT molecular complexity index is 688. The van der Waals surface area contributed by atoms with Gasteiger partial charge in [0, 0.05) is 32.4 Å². The molecule has 2 atom stereocenters. The first-order valence-corrected chi connectivity index (χ1v) is 9.05. The zero-order valence-corrected chi connectivity index (χ0v) is 14.8. The predicted molar refractivity (Wildman–Crippen MR) is 98.1 cm³/mol. The second-order valence-corrected chi connectivity index (χ2v) is 6.68. The van der Waals surface area contributed by atoms with Crippen molar-refractivity contribution in [2.24, 2.45) is 0 Å². The normalized spacial score (nSPS) is 24.5. The van der Waals surface area contributed by atoms with Gasteiger partial charge >= 0.3 is 0 Å². The summed E-state index contributed by atoms with van der Waals surface area (Å²) in [6, 6.07) is 9.90. The minimum absolute atomic E-state index is 0.00969. The van der Waals surface area contributed by atoms with Gasteiger partial charge in [0.05, 0.1) is 31.2 Å². The smallest absolute Gasteiger partial charge is 0.170 e. The van der Waals surface area contributed by atoms with Crippen molar-refractivity contribution in [2.75, 3.05) is 39.4 Å². The summed E-state index contributed by atoms with van der Waals surface area (Å²) in [5.74, 6) is 0.907. The van der Waals surface area contributed by atoms with E-state index in [1.807, 2.05) is 36.5 Å². The first-order chi connectivity index (χ1) is 12.3. The van der Waals surface area contributed by atoms with Crippen LogP contribution < -0.4 is 5.32 Å². The average molecular weight is 358 g/mol. The van der Waals surface area contributed by atoms with Gasteiger partial charge in [-0.05, 0) is 36.5 Å². The maximum atomic E-state index is 5.74. The molecule has 4 heterocycles. The van der Waals surface area contributed by atoms with Crippen LogP contribution in [0, 0.1) is 0 Å². The molecule has 0 aliphatic carbocycles. The number of rotatable bonds is 5. The van der Waals surface area contributed by atoms with Crippen molar-refractivity contribution in [3.63, 3.8) is 0 Å². The second kappa shape index (κ2) is 7.51. The summed E-state index contributed by atoms with van der Waals surface area (Å²) >= 11 is 5.64. The van der Waals surface area contributed by atoms with E-state index in [0.29, 0.717) is 0 Å². The fourth-order valence-electron chi connectivity index (χ4n) is 3.49. The van der Waals surface area contributed by atoms with Crippen molar-refractivity contribution >= 4 is 17.3 Å². The van der Waals surface area contributed by atoms with E-state index >= 15 is 0 Å². The van der Waals surface area contributed by atoms with E-state index in [-0.39, 0.29) is 12.1 Å². The molecular formula is C18H22N4O2S. The highest BCUT2D eigenvalue weighted by molar-refractivity contribution is 7.80. The number of ether oxygens (including phenoxy) is 1. The van der Waals surface area contributed by atoms with Crippen LogP contribution in [-0.2, 0) is 4.74 Å². The summed E-state index contributed by atoms with van der Waals surface area (Å²) in [5.41, 5.74) is 0.972. The SMILES string of the molecule is S=C1N[C@@H](c2ccccn2)[C@@H](c2ccco2)N1CCN1CCOCC1. The van der Waals surface area contributed by atoms with Crippen LogP contribution in [-0.4, -0.2) is 59.3 Å². The number of furan rings is 1. The summed E-state index contributed by atoms with van der Waals surface area (Å²) < 4.78 is 11.2. The van der Waals surface area contributed by atoms with E-state index in [4.69, 9.17) is 21.4 Å². The molecule has 0 saturated carbocycles. The van der Waals surface area contributed by atoms with Crippen LogP contribution >= 0.6 is 12.2 Å². The number of thiocarbonyl (C=S) groups is 1. The fourth-order valence-corrected chi connectivity index (χ4v) is 3.82. The maximum absolute atomic E-state index is 5.74. The number of pyridine rings is 1. The van der Waals surface area contributed by atoms with E-state index in [1.165, 1.54) is 0 Å². The standard InChI is InChI=1S/C18H22N4O2S/c25-18-20-16(14-4-1-2-6-19-14)17(15-5-3-11-24-15)22(18)8-7-21-9-12-23-13-10-21/h1-6,11,16-17H,7-10,12-13H2,(H,20,25)/t16-,17+/m0/s1. The Hall–Kier alpha value is -1.96. The molecule has 25 heavy (non-hydrogen) atoms. The van der Waals surface area contributed by atoms with Crippen LogP contribution in [0.15, 0.2) is 47.2 Å². The molecule has 0 amide bonds. The van der Waals surface area contributed by atoms with Crippen LogP contribution in [0.5, 0.6) is 0 Å². The lowest BCUT2D eigenvalue weighted by Crippen LogP contribution is -2.42. The third-order valence-electron chi connectivity index (χ3n) is 4.79. The van der Waals surface area contributed by atoms with E-state index in [2.05, 4.69) is 20.1 Å². The zero-order valence-electron chi connectivity index (χ0n) is 14.0. The minimum atomic E-state index is -0.00969. The van der Waals surface area contributed by atoms with Crippen molar-refractivity contribution < 1.29 is 9.15 Å². The highest BCUT2D eigenvalue weighted by atomic mass is 32.1. The fraction of sp³-hybridized carbons (Fsp3) is 0.444. The van der Waals surface area contributed by atoms with Gasteiger partial charge in [-0.2, -0.15) is 0 Å². The van der Waals surface area contributed by atoms with Gasteiger partial charge in [-0.3, -0.25) is 9.88 Å². The van der Waals surface area contributed by atoms with Gasteiger partial charge < -0.3 is 19.4 Å². The van der Waals surface area contributed by atoms with E-state index in [9.17, 15) is 0 Å². The molecule has 6 nitrogen and oxygen atoms in total. The van der Waals surface area contributed by atoms with Crippen LogP contribution in [0.25, 0.3) is 0 Å². The Kier molecular flexibility index (Phi) is 4.96. The summed E-state index contributed by atoms with van der Waals surface area (Å²) in [6.45, 7) is 5.37. The lowest BCUT2D eigenvalue weighted by Gasteiger charge is -2.31. The van der Waals surface area contributed by atoms with Crippen LogP contribution in [0.2, 0.25) is 0 Å². The molecule has 0 bridgehead atoms. The number of nitrogens with one attached hydrogen (secondary N) is 1. The molecule has 0 aromatic carbocycles. The Morgan fingerprint density at radius 1 is 1.16 bits per heavy atom. The summed E-state index contributed by atoms with van der Waals surface area (Å²) in [4.78, 5) is 9.16. The summed E-state index contributed by atoms with van der Waals surface area (Å²) in [7, 11) is 0. The average Bonchev–Trinajstić information content (AvgIpc) is 3.29. The molecular weight excluding hydrogens is 336 g/mol. The quantitative estimate of drug-likeness (QED) is 0.820. The first kappa shape index (κ1) is 16.5. The van der Waals surface area contributed by atoms with Crippen LogP contribution in [0.1, 0.15) is 23.5 Å². The van der Waals surface area contributed by atoms with Crippen LogP contribution in [0.4, 0.5) is 0 Å². The number of hydrogen-bond donors (Lipinski definition) is 1. The molecule has 2 aromatic rings. The highest BCUT2D eigenvalue weighted by Gasteiger charge is 2.41. The van der Waals surface area contributed by atoms with Crippen molar-refractivity contribution in [3.8, 4) is 0 Å². The van der Waals surface area contributed by atoms with Gasteiger partial charge in [-0.15, -0.1) is 0 Å². The Balaban J connectivity index is 1.55. The monoisotopic (exact) mass is 358 g/mol. The molecule has 2 fully saturated rings. The molecule has 1 N–H and O–H groups in total. The van der Waals surface area contributed by atoms with E-state index in [0.717, 1.165) is 56.0 Å². The predicted octanol–water partition coefficient (Wildman–Crippen LogP) is 1.98. The van der Waals surface area contributed by atoms with Gasteiger partial charge in [-0.25, -0.2) is 0 Å². The number of aromatic nitrogens is 1. The van der Waals surface area contributed by atoms with Crippen molar-refractivity contribution in [3.05, 3.63) is 54.2 Å². The number of hydrogen-bond acceptors (Lipinski definition) is 5. The molecule has 132 valence electrons. The first-order valence-electron chi connectivity index (χ1n) is 8.64. The minimum Gasteiger partial charge on any atom is -0.467 e. The topological polar surface area (TPSA) is 53.8 Å². The molecule has 0 radical (unpaired) electrons. The summed E-state index contributed by atoms with van der Waals surface area (Å²) in [5, 5.41) is 4.19. The molecule has 2 aliphatic rings. The molecule has 4 rings (SSSR count). The summed E-state index contributed by atoms with van der Waals surface area (Å²) in [6.07, 6.45) is 3.53. The molecule has 2 aromatic heterocycles. The van der Waals surface area contributed by atoms with Crippen LogP contribution in [0.3, 0.4) is 0 Å². The number of nitrogens with zero attached hydrogens (tertiary/aromatic N) is 3. The Labute approximate surface area is 152 Å². The van der Waals surface area contributed by atoms with Gasteiger partial charge in [0.2, 0.25) is 0 Å². The highest BCUT2D eigenvalue weighted by Crippen LogP contribution is 2.38. The van der Waals surface area contributed by atoms with Gasteiger partial charge in [0.1, 0.15) is 11.8 Å². The van der Waals surface area contributed by atoms with Crippen molar-refractivity contribution in [1.29, 1.82) is 0 Å². The Morgan fingerprint density at radius 2 is 2.04 bits per heavy atom. The van der Waals surface area contributed by atoms with Crippen molar-refractivity contribution in [1.82, 2.24) is 20.1 Å². The van der Waals surface area contributed by atoms with Gasteiger partial charge in [0.25, 0.3) is 0 Å². The third-order valence-corrected chi connectivity index (χ3v) is 5.15. The Morgan fingerprint density at radius 3 is 2.76 bits per heavy atom. The lowest BCUT2D eigenvalue weighted by molar-refractivity contribution is 0.0347. The zero-order chi connectivity index (χ0) is 17.1. The third kappa shape index (κ3) is 3.53. The molecule has 0 spiro atoms. The lowest BCUT2D eigenvalue weighted by atomic mass is 10.0.